The summed E-state index contributed by atoms with van der Waals surface area (Å²) in [7, 11) is 1.33. The van der Waals surface area contributed by atoms with Crippen LogP contribution in [0.25, 0.3) is 10.2 Å². The maximum absolute atomic E-state index is 13.6. The van der Waals surface area contributed by atoms with Crippen molar-refractivity contribution in [2.75, 3.05) is 26.7 Å². The van der Waals surface area contributed by atoms with Crippen molar-refractivity contribution in [3.8, 4) is 5.88 Å². The normalized spacial score (nSPS) is 17.6. The molecule has 1 saturated heterocycles. The highest BCUT2D eigenvalue weighted by Gasteiger charge is 2.37. The minimum Gasteiger partial charge on any atom is -0.472 e. The third-order valence-electron chi connectivity index (χ3n) is 4.74. The number of hydrogen-bond donors (Lipinski definition) is 1. The first-order chi connectivity index (χ1) is 15.8. The zero-order valence-electron chi connectivity index (χ0n) is 17.7. The summed E-state index contributed by atoms with van der Waals surface area (Å²) in [5, 5.41) is 3.61. The molecular formula is C19H19F6N3O5S. The van der Waals surface area contributed by atoms with Gasteiger partial charge in [-0.3, -0.25) is 9.53 Å². The Bertz CT molecular complexity index is 1060. The quantitative estimate of drug-likeness (QED) is 0.581. The number of nitrogens with zero attached hydrogens (tertiary/aromatic N) is 2. The van der Waals surface area contributed by atoms with Crippen molar-refractivity contribution >= 4 is 33.6 Å². The summed E-state index contributed by atoms with van der Waals surface area (Å²) in [5.41, 5.74) is -1.21. The van der Waals surface area contributed by atoms with E-state index >= 15 is 0 Å². The fourth-order valence-corrected chi connectivity index (χ4v) is 4.28. The first-order valence-corrected chi connectivity index (χ1v) is 10.7. The molecular weight excluding hydrogens is 496 g/mol. The molecule has 2 amide bonds. The number of ether oxygens (including phenoxy) is 3. The zero-order chi connectivity index (χ0) is 25.3. The van der Waals surface area contributed by atoms with Crippen LogP contribution < -0.4 is 10.1 Å². The predicted molar refractivity (Wildman–Crippen MR) is 107 cm³/mol. The Balaban J connectivity index is 1.70. The van der Waals surface area contributed by atoms with Crippen LogP contribution in [0.5, 0.6) is 5.88 Å². The summed E-state index contributed by atoms with van der Waals surface area (Å²) in [5.74, 6) is -0.988. The van der Waals surface area contributed by atoms with E-state index in [1.165, 1.54) is 12.4 Å². The first-order valence-electron chi connectivity index (χ1n) is 9.83. The Morgan fingerprint density at radius 3 is 2.62 bits per heavy atom. The number of pyridine rings is 1. The lowest BCUT2D eigenvalue weighted by atomic mass is 10.2. The number of thiophene rings is 1. The largest absolute Gasteiger partial charge is 0.522 e. The predicted octanol–water partition coefficient (Wildman–Crippen LogP) is 4.19. The van der Waals surface area contributed by atoms with E-state index in [4.69, 9.17) is 9.47 Å². The Morgan fingerprint density at radius 1 is 1.29 bits per heavy atom. The molecule has 188 valence electrons. The molecule has 0 unspecified atom stereocenters. The van der Waals surface area contributed by atoms with Gasteiger partial charge in [0.15, 0.2) is 0 Å². The number of aromatic nitrogens is 1. The van der Waals surface area contributed by atoms with E-state index in [-0.39, 0.29) is 41.2 Å². The molecule has 0 aromatic carbocycles. The second kappa shape index (κ2) is 9.82. The fraction of sp³-hybridized carbons (Fsp3) is 0.526. The van der Waals surface area contributed by atoms with E-state index in [0.717, 1.165) is 29.2 Å². The number of halogens is 6. The SMILES string of the molecule is CNC(=O)c1csc2c(C(F)(F)F)cc(O[C@H]3CCN(C(=O)OC[C@@H](C)OC(F)(F)F)C3)nc12. The minimum atomic E-state index is -4.87. The second-order valence-electron chi connectivity index (χ2n) is 7.34. The minimum absolute atomic E-state index is 0.0368. The number of carbonyl (C=O) groups excluding carboxylic acids is 2. The van der Waals surface area contributed by atoms with E-state index in [2.05, 4.69) is 15.0 Å². The van der Waals surface area contributed by atoms with Crippen molar-refractivity contribution < 1.29 is 50.1 Å². The maximum atomic E-state index is 13.6. The van der Waals surface area contributed by atoms with E-state index in [0.29, 0.717) is 0 Å². The summed E-state index contributed by atoms with van der Waals surface area (Å²) in [6.07, 6.45) is -12.5. The number of hydrogen-bond acceptors (Lipinski definition) is 7. The molecule has 1 aliphatic heterocycles. The highest BCUT2D eigenvalue weighted by molar-refractivity contribution is 7.17. The van der Waals surface area contributed by atoms with Gasteiger partial charge < -0.3 is 19.7 Å². The van der Waals surface area contributed by atoms with Crippen molar-refractivity contribution in [2.45, 2.75) is 38.1 Å². The molecule has 34 heavy (non-hydrogen) atoms. The molecule has 3 heterocycles. The van der Waals surface area contributed by atoms with Gasteiger partial charge in [0.2, 0.25) is 5.88 Å². The number of rotatable bonds is 6. The van der Waals surface area contributed by atoms with E-state index < -0.39 is 48.9 Å². The van der Waals surface area contributed by atoms with Gasteiger partial charge in [-0.05, 0) is 6.92 Å². The molecule has 0 spiro atoms. The van der Waals surface area contributed by atoms with Crippen LogP contribution in [0.15, 0.2) is 11.4 Å². The Morgan fingerprint density at radius 2 is 2.00 bits per heavy atom. The molecule has 2 atom stereocenters. The van der Waals surface area contributed by atoms with Crippen molar-refractivity contribution in [3.05, 3.63) is 22.6 Å². The maximum Gasteiger partial charge on any atom is 0.522 e. The number of amides is 2. The lowest BCUT2D eigenvalue weighted by Crippen LogP contribution is -2.34. The van der Waals surface area contributed by atoms with Crippen LogP contribution in [0.4, 0.5) is 31.1 Å². The molecule has 1 N–H and O–H groups in total. The average molecular weight is 515 g/mol. The number of likely N-dealkylation sites (tertiary alicyclic amines) is 1. The summed E-state index contributed by atoms with van der Waals surface area (Å²) in [6.45, 7) is 0.455. The highest BCUT2D eigenvalue weighted by Crippen LogP contribution is 2.40. The average Bonchev–Trinajstić information content (AvgIpc) is 3.36. The van der Waals surface area contributed by atoms with Crippen molar-refractivity contribution in [3.63, 3.8) is 0 Å². The van der Waals surface area contributed by atoms with Crippen LogP contribution in [-0.2, 0) is 15.7 Å². The smallest absolute Gasteiger partial charge is 0.472 e. The molecule has 1 aliphatic rings. The van der Waals surface area contributed by atoms with Gasteiger partial charge in [-0.15, -0.1) is 24.5 Å². The van der Waals surface area contributed by atoms with E-state index in [1.807, 2.05) is 0 Å². The lowest BCUT2D eigenvalue weighted by molar-refractivity contribution is -0.342. The monoisotopic (exact) mass is 515 g/mol. The van der Waals surface area contributed by atoms with E-state index in [9.17, 15) is 35.9 Å². The Labute approximate surface area is 192 Å². The molecule has 15 heteroatoms. The van der Waals surface area contributed by atoms with Crippen LogP contribution in [0, 0.1) is 0 Å². The third kappa shape index (κ3) is 6.20. The van der Waals surface area contributed by atoms with Gasteiger partial charge in [-0.2, -0.15) is 13.2 Å². The van der Waals surface area contributed by atoms with Crippen molar-refractivity contribution in [1.82, 2.24) is 15.2 Å². The van der Waals surface area contributed by atoms with Gasteiger partial charge in [0, 0.05) is 31.5 Å². The van der Waals surface area contributed by atoms with Gasteiger partial charge in [0.05, 0.1) is 34.0 Å². The number of alkyl halides is 6. The summed E-state index contributed by atoms with van der Waals surface area (Å²) < 4.78 is 91.2. The summed E-state index contributed by atoms with van der Waals surface area (Å²) in [6, 6.07) is 0.726. The summed E-state index contributed by atoms with van der Waals surface area (Å²) in [4.78, 5) is 29.3. The van der Waals surface area contributed by atoms with Crippen LogP contribution in [0.3, 0.4) is 0 Å². The van der Waals surface area contributed by atoms with Gasteiger partial charge in [0.25, 0.3) is 5.91 Å². The number of fused-ring (bicyclic) bond motifs is 1. The zero-order valence-corrected chi connectivity index (χ0v) is 18.6. The van der Waals surface area contributed by atoms with Gasteiger partial charge in [-0.1, -0.05) is 0 Å². The molecule has 8 nitrogen and oxygen atoms in total. The second-order valence-corrected chi connectivity index (χ2v) is 8.22. The van der Waals surface area contributed by atoms with Gasteiger partial charge in [-0.25, -0.2) is 9.78 Å². The Hall–Kier alpha value is -2.81. The number of carbonyl (C=O) groups is 2. The van der Waals surface area contributed by atoms with Crippen LogP contribution >= 0.6 is 11.3 Å². The van der Waals surface area contributed by atoms with Gasteiger partial charge >= 0.3 is 18.6 Å². The molecule has 0 bridgehead atoms. The molecule has 2 aromatic heterocycles. The number of nitrogens with one attached hydrogen (secondary N) is 1. The van der Waals surface area contributed by atoms with Crippen molar-refractivity contribution in [2.24, 2.45) is 0 Å². The van der Waals surface area contributed by atoms with Gasteiger partial charge in [0.1, 0.15) is 12.7 Å². The molecule has 2 aromatic rings. The first kappa shape index (κ1) is 25.8. The molecule has 3 rings (SSSR count). The van der Waals surface area contributed by atoms with Crippen molar-refractivity contribution in [1.29, 1.82) is 0 Å². The van der Waals surface area contributed by atoms with E-state index in [1.54, 1.807) is 0 Å². The van der Waals surface area contributed by atoms with Crippen LogP contribution in [-0.4, -0.2) is 67.2 Å². The fourth-order valence-electron chi connectivity index (χ4n) is 3.26. The van der Waals surface area contributed by atoms with Crippen LogP contribution in [0.1, 0.15) is 29.3 Å². The molecule has 0 radical (unpaired) electrons. The summed E-state index contributed by atoms with van der Waals surface area (Å²) >= 11 is 0.729. The lowest BCUT2D eigenvalue weighted by Gasteiger charge is -2.19. The molecule has 0 saturated carbocycles. The Kier molecular flexibility index (Phi) is 7.45. The van der Waals surface area contributed by atoms with Crippen LogP contribution in [0.2, 0.25) is 0 Å². The third-order valence-corrected chi connectivity index (χ3v) is 5.75. The molecule has 1 fully saturated rings. The molecule has 0 aliphatic carbocycles. The standard InChI is InChI=1S/C19H19F6N3O5S/c1-9(33-19(23,24)25)7-31-17(30)28-4-3-10(6-28)32-13-5-12(18(20,21)22)15-14(27-13)11(8-34-15)16(29)26-2/h5,8-10H,3-4,6-7H2,1-2H3,(H,26,29)/t9-,10+/m1/s1. The highest BCUT2D eigenvalue weighted by atomic mass is 32.1. The topological polar surface area (TPSA) is 90.0 Å².